The Balaban J connectivity index is 1.59. The first-order chi connectivity index (χ1) is 14.1. The molecule has 4 heterocycles. The van der Waals surface area contributed by atoms with Gasteiger partial charge in [0.2, 0.25) is 0 Å². The van der Waals surface area contributed by atoms with E-state index in [1.54, 1.807) is 41.3 Å². The van der Waals surface area contributed by atoms with Crippen LogP contribution in [0.3, 0.4) is 0 Å². The van der Waals surface area contributed by atoms with E-state index in [4.69, 9.17) is 0 Å². The normalized spacial score (nSPS) is 11.4. The summed E-state index contributed by atoms with van der Waals surface area (Å²) in [7, 11) is 0. The summed E-state index contributed by atoms with van der Waals surface area (Å²) in [6.45, 7) is -0.262. The quantitative estimate of drug-likeness (QED) is 0.474. The van der Waals surface area contributed by atoms with Crippen LogP contribution in [0.2, 0.25) is 0 Å². The highest BCUT2D eigenvalue weighted by Crippen LogP contribution is 2.26. The highest BCUT2D eigenvalue weighted by atomic mass is 19.1. The zero-order valence-electron chi connectivity index (χ0n) is 15.0. The fraction of sp³-hybridized carbons (Fsp3) is 0.0476. The second-order valence-electron chi connectivity index (χ2n) is 6.59. The van der Waals surface area contributed by atoms with E-state index in [1.807, 2.05) is 6.07 Å². The van der Waals surface area contributed by atoms with E-state index >= 15 is 0 Å². The lowest BCUT2D eigenvalue weighted by molar-refractivity contribution is 0.545. The highest BCUT2D eigenvalue weighted by molar-refractivity contribution is 5.70. The van der Waals surface area contributed by atoms with E-state index in [0.717, 1.165) is 11.7 Å². The van der Waals surface area contributed by atoms with Crippen LogP contribution >= 0.6 is 0 Å². The predicted octanol–water partition coefficient (Wildman–Crippen LogP) is 3.43. The predicted molar refractivity (Wildman–Crippen MR) is 103 cm³/mol. The van der Waals surface area contributed by atoms with Crippen LogP contribution in [0.4, 0.5) is 8.78 Å². The van der Waals surface area contributed by atoms with Gasteiger partial charge in [0.25, 0.3) is 5.56 Å². The summed E-state index contributed by atoms with van der Waals surface area (Å²) in [6.07, 6.45) is 7.70. The fourth-order valence-corrected chi connectivity index (χ4v) is 3.34. The van der Waals surface area contributed by atoms with Crippen LogP contribution in [0.15, 0.2) is 72.3 Å². The number of nitrogens with zero attached hydrogens (tertiary/aromatic N) is 5. The van der Waals surface area contributed by atoms with Gasteiger partial charge in [-0.25, -0.2) is 23.7 Å². The van der Waals surface area contributed by atoms with Crippen molar-refractivity contribution in [3.63, 3.8) is 0 Å². The minimum atomic E-state index is -0.730. The van der Waals surface area contributed by atoms with Crippen LogP contribution in [0.5, 0.6) is 0 Å². The molecule has 0 unspecified atom stereocenters. The Morgan fingerprint density at radius 2 is 1.79 bits per heavy atom. The first-order valence-electron chi connectivity index (χ1n) is 8.81. The topological polar surface area (TPSA) is 65.1 Å². The summed E-state index contributed by atoms with van der Waals surface area (Å²) in [5.74, 6) is -1.46. The molecule has 0 saturated heterocycles. The number of rotatable bonds is 3. The summed E-state index contributed by atoms with van der Waals surface area (Å²) in [5, 5.41) is 0. The van der Waals surface area contributed by atoms with Gasteiger partial charge < -0.3 is 4.40 Å². The fourth-order valence-electron chi connectivity index (χ4n) is 3.34. The summed E-state index contributed by atoms with van der Waals surface area (Å²) in [4.78, 5) is 24.3. The Hall–Kier alpha value is -3.94. The molecule has 0 bridgehead atoms. The number of aromatic nitrogens is 5. The molecule has 5 rings (SSSR count). The van der Waals surface area contributed by atoms with Crippen molar-refractivity contribution in [2.75, 3.05) is 0 Å². The van der Waals surface area contributed by atoms with Crippen molar-refractivity contribution in [2.45, 2.75) is 6.54 Å². The van der Waals surface area contributed by atoms with Crippen molar-refractivity contribution < 1.29 is 8.78 Å². The number of halogens is 2. The molecule has 29 heavy (non-hydrogen) atoms. The second kappa shape index (κ2) is 6.59. The standard InChI is InChI=1S/C21H13F2N5O/c22-17-6-14(13-3-4-15-8-24-12-27(15)10-13)7-18(23)16(17)11-28-19-2-1-5-25-21(19)26-9-20(28)29/h1-10,12H,11H2. The van der Waals surface area contributed by atoms with Gasteiger partial charge >= 0.3 is 0 Å². The molecule has 4 aromatic heterocycles. The van der Waals surface area contributed by atoms with Gasteiger partial charge in [0.15, 0.2) is 5.65 Å². The Labute approximate surface area is 162 Å². The molecule has 0 saturated carbocycles. The van der Waals surface area contributed by atoms with Crippen LogP contribution in [0.1, 0.15) is 5.56 Å². The highest BCUT2D eigenvalue weighted by Gasteiger charge is 2.15. The molecular weight excluding hydrogens is 376 g/mol. The molecule has 0 radical (unpaired) electrons. The molecule has 0 fully saturated rings. The molecule has 0 aliphatic carbocycles. The van der Waals surface area contributed by atoms with Crippen LogP contribution in [0, 0.1) is 11.6 Å². The number of pyridine rings is 2. The second-order valence-corrected chi connectivity index (χ2v) is 6.59. The molecule has 1 aromatic carbocycles. The van der Waals surface area contributed by atoms with Gasteiger partial charge in [0.1, 0.15) is 11.6 Å². The molecule has 0 amide bonds. The number of benzene rings is 1. The van der Waals surface area contributed by atoms with Crippen molar-refractivity contribution in [2.24, 2.45) is 0 Å². The lowest BCUT2D eigenvalue weighted by Crippen LogP contribution is -2.22. The average Bonchev–Trinajstić information content (AvgIpc) is 3.19. The molecule has 8 heteroatoms. The molecule has 0 aliphatic heterocycles. The Bertz CT molecular complexity index is 1420. The molecule has 0 N–H and O–H groups in total. The van der Waals surface area contributed by atoms with E-state index in [9.17, 15) is 13.6 Å². The van der Waals surface area contributed by atoms with E-state index in [0.29, 0.717) is 22.3 Å². The van der Waals surface area contributed by atoms with Crippen LogP contribution in [-0.2, 0) is 6.54 Å². The molecule has 0 spiro atoms. The number of fused-ring (bicyclic) bond motifs is 2. The molecule has 0 aliphatic rings. The lowest BCUT2D eigenvalue weighted by Gasteiger charge is -2.12. The largest absolute Gasteiger partial charge is 0.306 e. The van der Waals surface area contributed by atoms with Crippen LogP contribution < -0.4 is 5.56 Å². The van der Waals surface area contributed by atoms with Crippen LogP contribution in [0.25, 0.3) is 27.8 Å². The van der Waals surface area contributed by atoms with E-state index in [-0.39, 0.29) is 12.1 Å². The van der Waals surface area contributed by atoms with Gasteiger partial charge in [-0.1, -0.05) is 6.07 Å². The number of imidazole rings is 1. The average molecular weight is 389 g/mol. The Morgan fingerprint density at radius 3 is 2.62 bits per heavy atom. The molecule has 0 atom stereocenters. The summed E-state index contributed by atoms with van der Waals surface area (Å²) in [6, 6.07) is 9.41. The summed E-state index contributed by atoms with van der Waals surface area (Å²) >= 11 is 0. The van der Waals surface area contributed by atoms with E-state index < -0.39 is 17.2 Å². The molecular formula is C21H13F2N5O. The number of hydrogen-bond donors (Lipinski definition) is 0. The monoisotopic (exact) mass is 389 g/mol. The third-order valence-electron chi connectivity index (χ3n) is 4.82. The lowest BCUT2D eigenvalue weighted by atomic mass is 10.0. The van der Waals surface area contributed by atoms with Crippen molar-refractivity contribution in [3.05, 3.63) is 95.1 Å². The van der Waals surface area contributed by atoms with Crippen molar-refractivity contribution >= 4 is 16.7 Å². The van der Waals surface area contributed by atoms with Gasteiger partial charge in [-0.3, -0.25) is 9.36 Å². The van der Waals surface area contributed by atoms with Gasteiger partial charge in [0.05, 0.1) is 36.3 Å². The van der Waals surface area contributed by atoms with E-state index in [2.05, 4.69) is 15.0 Å². The summed E-state index contributed by atoms with van der Waals surface area (Å²) < 4.78 is 32.8. The third kappa shape index (κ3) is 2.94. The molecule has 5 aromatic rings. The maximum absolute atomic E-state index is 14.9. The van der Waals surface area contributed by atoms with Crippen molar-refractivity contribution in [3.8, 4) is 11.1 Å². The van der Waals surface area contributed by atoms with Crippen molar-refractivity contribution in [1.29, 1.82) is 0 Å². The Kier molecular flexibility index (Phi) is 3.90. The minimum absolute atomic E-state index is 0.198. The Morgan fingerprint density at radius 1 is 0.966 bits per heavy atom. The first-order valence-corrected chi connectivity index (χ1v) is 8.81. The van der Waals surface area contributed by atoms with Gasteiger partial charge in [-0.05, 0) is 41.5 Å². The van der Waals surface area contributed by atoms with Gasteiger partial charge in [0, 0.05) is 18.0 Å². The maximum Gasteiger partial charge on any atom is 0.269 e. The number of hydrogen-bond acceptors (Lipinski definition) is 4. The van der Waals surface area contributed by atoms with Crippen molar-refractivity contribution in [1.82, 2.24) is 23.9 Å². The zero-order chi connectivity index (χ0) is 20.0. The first kappa shape index (κ1) is 17.2. The SMILES string of the molecule is O=c1cnc2ncccc2n1Cc1c(F)cc(-c2ccc3cncn3c2)cc1F. The zero-order valence-corrected chi connectivity index (χ0v) is 15.0. The maximum atomic E-state index is 14.9. The smallest absolute Gasteiger partial charge is 0.269 e. The minimum Gasteiger partial charge on any atom is -0.306 e. The van der Waals surface area contributed by atoms with Gasteiger partial charge in [-0.2, -0.15) is 0 Å². The summed E-state index contributed by atoms with van der Waals surface area (Å²) in [5.41, 5.74) is 2.01. The molecule has 142 valence electrons. The third-order valence-corrected chi connectivity index (χ3v) is 4.82. The van der Waals surface area contributed by atoms with E-state index in [1.165, 1.54) is 22.9 Å². The van der Waals surface area contributed by atoms with Gasteiger partial charge in [-0.15, -0.1) is 0 Å². The molecule has 6 nitrogen and oxygen atoms in total. The van der Waals surface area contributed by atoms with Crippen LogP contribution in [-0.4, -0.2) is 23.9 Å².